The first kappa shape index (κ1) is 12.8. The number of carbonyl (C=O) groups is 2. The lowest BCUT2D eigenvalue weighted by Gasteiger charge is -2.18. The molecule has 0 spiro atoms. The van der Waals surface area contributed by atoms with E-state index in [0.29, 0.717) is 0 Å². The van der Waals surface area contributed by atoms with Gasteiger partial charge >= 0.3 is 12.0 Å². The molecule has 5 nitrogen and oxygen atoms in total. The second kappa shape index (κ2) is 4.72. The lowest BCUT2D eigenvalue weighted by atomic mass is 9.96. The van der Waals surface area contributed by atoms with Crippen LogP contribution in [0.25, 0.3) is 0 Å². The molecule has 0 radical (unpaired) electrons. The molecule has 5 heteroatoms. The van der Waals surface area contributed by atoms with E-state index in [0.717, 1.165) is 12.8 Å². The van der Waals surface area contributed by atoms with Crippen LogP contribution in [0.15, 0.2) is 0 Å². The fraction of sp³-hybridized carbons (Fsp3) is 0.818. The monoisotopic (exact) mass is 228 g/mol. The maximum atomic E-state index is 11.4. The SMILES string of the molecule is CC(C)C(CNC(=O)NC1(C)CC1)C(=O)O. The Morgan fingerprint density at radius 2 is 1.94 bits per heavy atom. The number of hydrogen-bond acceptors (Lipinski definition) is 2. The number of carboxylic acid groups (broad SMARTS) is 1. The molecule has 1 unspecified atom stereocenters. The van der Waals surface area contributed by atoms with E-state index in [9.17, 15) is 9.59 Å². The predicted molar refractivity (Wildman–Crippen MR) is 60.1 cm³/mol. The highest BCUT2D eigenvalue weighted by Gasteiger charge is 2.38. The summed E-state index contributed by atoms with van der Waals surface area (Å²) < 4.78 is 0. The summed E-state index contributed by atoms with van der Waals surface area (Å²) in [7, 11) is 0. The molecule has 1 fully saturated rings. The molecule has 0 saturated heterocycles. The van der Waals surface area contributed by atoms with Gasteiger partial charge in [0, 0.05) is 12.1 Å². The second-order valence-electron chi connectivity index (χ2n) is 5.08. The van der Waals surface area contributed by atoms with Gasteiger partial charge in [-0.2, -0.15) is 0 Å². The van der Waals surface area contributed by atoms with Crippen LogP contribution in [0.1, 0.15) is 33.6 Å². The van der Waals surface area contributed by atoms with Crippen LogP contribution in [0.4, 0.5) is 4.79 Å². The molecule has 0 bridgehead atoms. The van der Waals surface area contributed by atoms with Gasteiger partial charge in [-0.15, -0.1) is 0 Å². The van der Waals surface area contributed by atoms with Gasteiger partial charge in [-0.05, 0) is 25.7 Å². The molecular formula is C11H20N2O3. The van der Waals surface area contributed by atoms with E-state index in [1.54, 1.807) is 0 Å². The van der Waals surface area contributed by atoms with Crippen molar-refractivity contribution in [1.29, 1.82) is 0 Å². The summed E-state index contributed by atoms with van der Waals surface area (Å²) in [5.41, 5.74) is -0.0688. The average Bonchev–Trinajstić information content (AvgIpc) is 2.81. The maximum Gasteiger partial charge on any atom is 0.315 e. The number of urea groups is 1. The number of amides is 2. The number of rotatable bonds is 5. The van der Waals surface area contributed by atoms with Gasteiger partial charge in [-0.3, -0.25) is 4.79 Å². The van der Waals surface area contributed by atoms with Gasteiger partial charge < -0.3 is 15.7 Å². The van der Waals surface area contributed by atoms with Crippen molar-refractivity contribution >= 4 is 12.0 Å². The number of carbonyl (C=O) groups excluding carboxylic acids is 1. The molecule has 0 aliphatic heterocycles. The molecule has 92 valence electrons. The highest BCUT2D eigenvalue weighted by Crippen LogP contribution is 2.33. The van der Waals surface area contributed by atoms with Gasteiger partial charge in [0.05, 0.1) is 5.92 Å². The van der Waals surface area contributed by atoms with Crippen LogP contribution in [0.5, 0.6) is 0 Å². The van der Waals surface area contributed by atoms with E-state index in [-0.39, 0.29) is 24.0 Å². The van der Waals surface area contributed by atoms with Crippen LogP contribution in [0.2, 0.25) is 0 Å². The highest BCUT2D eigenvalue weighted by molar-refractivity contribution is 5.76. The summed E-state index contributed by atoms with van der Waals surface area (Å²) in [4.78, 5) is 22.3. The van der Waals surface area contributed by atoms with E-state index in [1.165, 1.54) is 0 Å². The second-order valence-corrected chi connectivity index (χ2v) is 5.08. The summed E-state index contributed by atoms with van der Waals surface area (Å²) in [5.74, 6) is -1.39. The standard InChI is InChI=1S/C11H20N2O3/c1-7(2)8(9(14)15)6-12-10(16)13-11(3)4-5-11/h7-8H,4-6H2,1-3H3,(H,14,15)(H2,12,13,16). The lowest BCUT2D eigenvalue weighted by molar-refractivity contribution is -0.142. The molecule has 3 N–H and O–H groups in total. The minimum absolute atomic E-state index is 0.00862. The largest absolute Gasteiger partial charge is 0.481 e. The van der Waals surface area contributed by atoms with Crippen LogP contribution < -0.4 is 10.6 Å². The quantitative estimate of drug-likeness (QED) is 0.661. The van der Waals surface area contributed by atoms with E-state index in [4.69, 9.17) is 5.11 Å². The molecular weight excluding hydrogens is 208 g/mol. The number of nitrogens with one attached hydrogen (secondary N) is 2. The molecule has 1 aliphatic carbocycles. The first-order chi connectivity index (χ1) is 7.34. The van der Waals surface area contributed by atoms with Crippen molar-refractivity contribution in [2.45, 2.75) is 39.2 Å². The van der Waals surface area contributed by atoms with Crippen molar-refractivity contribution in [2.24, 2.45) is 11.8 Å². The first-order valence-corrected chi connectivity index (χ1v) is 5.63. The summed E-state index contributed by atoms with van der Waals surface area (Å²) in [6.07, 6.45) is 1.99. The van der Waals surface area contributed by atoms with Crippen LogP contribution in [-0.2, 0) is 4.79 Å². The maximum absolute atomic E-state index is 11.4. The van der Waals surface area contributed by atoms with Gasteiger partial charge in [0.15, 0.2) is 0 Å². The molecule has 1 rings (SSSR count). The number of hydrogen-bond donors (Lipinski definition) is 3. The summed E-state index contributed by atoms with van der Waals surface area (Å²) >= 11 is 0. The zero-order valence-corrected chi connectivity index (χ0v) is 10.0. The molecule has 1 atom stereocenters. The van der Waals surface area contributed by atoms with Crippen molar-refractivity contribution in [3.63, 3.8) is 0 Å². The Kier molecular flexibility index (Phi) is 3.78. The normalized spacial score (nSPS) is 19.0. The van der Waals surface area contributed by atoms with Crippen molar-refractivity contribution < 1.29 is 14.7 Å². The molecule has 0 aromatic heterocycles. The Morgan fingerprint density at radius 3 is 2.31 bits per heavy atom. The fourth-order valence-corrected chi connectivity index (χ4v) is 1.44. The molecule has 1 aliphatic rings. The Bertz CT molecular complexity index is 285. The van der Waals surface area contributed by atoms with E-state index < -0.39 is 11.9 Å². The van der Waals surface area contributed by atoms with Gasteiger partial charge in [0.25, 0.3) is 0 Å². The van der Waals surface area contributed by atoms with Gasteiger partial charge in [0.1, 0.15) is 0 Å². The molecule has 0 aromatic carbocycles. The van der Waals surface area contributed by atoms with Crippen LogP contribution in [-0.4, -0.2) is 29.2 Å². The molecule has 1 saturated carbocycles. The summed E-state index contributed by atoms with van der Waals surface area (Å²) in [6, 6.07) is -0.271. The molecule has 0 heterocycles. The number of carboxylic acids is 1. The molecule has 16 heavy (non-hydrogen) atoms. The smallest absolute Gasteiger partial charge is 0.315 e. The minimum Gasteiger partial charge on any atom is -0.481 e. The highest BCUT2D eigenvalue weighted by atomic mass is 16.4. The van der Waals surface area contributed by atoms with E-state index in [2.05, 4.69) is 10.6 Å². The third-order valence-corrected chi connectivity index (χ3v) is 3.02. The third-order valence-electron chi connectivity index (χ3n) is 3.02. The minimum atomic E-state index is -0.868. The lowest BCUT2D eigenvalue weighted by Crippen LogP contribution is -2.45. The fourth-order valence-electron chi connectivity index (χ4n) is 1.44. The van der Waals surface area contributed by atoms with Gasteiger partial charge in [0.2, 0.25) is 0 Å². The Labute approximate surface area is 95.6 Å². The summed E-state index contributed by atoms with van der Waals surface area (Å²) in [6.45, 7) is 5.82. The van der Waals surface area contributed by atoms with Crippen LogP contribution in [0.3, 0.4) is 0 Å². The summed E-state index contributed by atoms with van der Waals surface area (Å²) in [5, 5.41) is 14.4. The van der Waals surface area contributed by atoms with Gasteiger partial charge in [-0.1, -0.05) is 13.8 Å². The predicted octanol–water partition coefficient (Wildman–Crippen LogP) is 1.19. The van der Waals surface area contributed by atoms with Crippen molar-refractivity contribution in [1.82, 2.24) is 10.6 Å². The van der Waals surface area contributed by atoms with Gasteiger partial charge in [-0.25, -0.2) is 4.79 Å². The number of aliphatic carboxylic acids is 1. The van der Waals surface area contributed by atoms with Crippen molar-refractivity contribution in [2.75, 3.05) is 6.54 Å². The van der Waals surface area contributed by atoms with Crippen molar-refractivity contribution in [3.8, 4) is 0 Å². The zero-order valence-electron chi connectivity index (χ0n) is 10.0. The Morgan fingerprint density at radius 1 is 1.38 bits per heavy atom. The first-order valence-electron chi connectivity index (χ1n) is 5.63. The Balaban J connectivity index is 2.31. The van der Waals surface area contributed by atoms with Crippen LogP contribution >= 0.6 is 0 Å². The van der Waals surface area contributed by atoms with E-state index >= 15 is 0 Å². The topological polar surface area (TPSA) is 78.4 Å². The molecule has 0 aromatic rings. The Hall–Kier alpha value is -1.26. The third kappa shape index (κ3) is 3.72. The molecule has 2 amide bonds. The van der Waals surface area contributed by atoms with E-state index in [1.807, 2.05) is 20.8 Å². The van der Waals surface area contributed by atoms with Crippen molar-refractivity contribution in [3.05, 3.63) is 0 Å². The zero-order chi connectivity index (χ0) is 12.3. The van der Waals surface area contributed by atoms with Crippen LogP contribution in [0, 0.1) is 11.8 Å². The average molecular weight is 228 g/mol.